The van der Waals surface area contributed by atoms with Gasteiger partial charge in [-0.2, -0.15) is 5.10 Å². The Morgan fingerprint density at radius 3 is 2.65 bits per heavy atom. The molecule has 2 aliphatic rings. The van der Waals surface area contributed by atoms with E-state index in [9.17, 15) is 9.59 Å². The molecule has 1 aliphatic heterocycles. The number of nitrogens with zero attached hydrogens (tertiary/aromatic N) is 3. The summed E-state index contributed by atoms with van der Waals surface area (Å²) in [5, 5.41) is 10.0. The summed E-state index contributed by atoms with van der Waals surface area (Å²) in [6.45, 7) is 4.66. The molecular weight excluding hydrogens is 294 g/mol. The van der Waals surface area contributed by atoms with Crippen LogP contribution in [0.1, 0.15) is 51.1 Å². The van der Waals surface area contributed by atoms with E-state index in [0.717, 1.165) is 5.69 Å². The van der Waals surface area contributed by atoms with Gasteiger partial charge in [-0.15, -0.1) is 0 Å². The maximum Gasteiger partial charge on any atom is 0.321 e. The van der Waals surface area contributed by atoms with Gasteiger partial charge >= 0.3 is 6.03 Å². The maximum absolute atomic E-state index is 12.2. The summed E-state index contributed by atoms with van der Waals surface area (Å²) < 4.78 is 1.68. The lowest BCUT2D eigenvalue weighted by molar-refractivity contribution is -0.130. The minimum absolute atomic E-state index is 0.00434. The molecule has 1 atom stereocenters. The van der Waals surface area contributed by atoms with Gasteiger partial charge in [-0.05, 0) is 33.1 Å². The molecule has 3 amide bonds. The fourth-order valence-electron chi connectivity index (χ4n) is 3.17. The molecule has 0 radical (unpaired) electrons. The van der Waals surface area contributed by atoms with E-state index in [4.69, 9.17) is 0 Å². The summed E-state index contributed by atoms with van der Waals surface area (Å²) >= 11 is 0. The molecule has 1 saturated carbocycles. The molecule has 2 fully saturated rings. The van der Waals surface area contributed by atoms with E-state index in [1.165, 1.54) is 19.3 Å². The average Bonchev–Trinajstić information content (AvgIpc) is 2.93. The Morgan fingerprint density at radius 2 is 2.09 bits per heavy atom. The molecule has 0 unspecified atom stereocenters. The number of carbonyl (C=O) groups is 2. The van der Waals surface area contributed by atoms with E-state index >= 15 is 0 Å². The summed E-state index contributed by atoms with van der Waals surface area (Å²) in [6, 6.07) is 1.31. The van der Waals surface area contributed by atoms with Crippen molar-refractivity contribution in [2.24, 2.45) is 7.05 Å². The zero-order valence-corrected chi connectivity index (χ0v) is 14.0. The van der Waals surface area contributed by atoms with Crippen LogP contribution in [0.25, 0.3) is 0 Å². The van der Waals surface area contributed by atoms with Crippen molar-refractivity contribution in [2.75, 3.05) is 11.9 Å². The van der Waals surface area contributed by atoms with Crippen LogP contribution in [0, 0.1) is 0 Å². The molecule has 2 N–H and O–H groups in total. The summed E-state index contributed by atoms with van der Waals surface area (Å²) in [4.78, 5) is 26.2. The third-order valence-electron chi connectivity index (χ3n) is 4.83. The van der Waals surface area contributed by atoms with Crippen LogP contribution in [0.3, 0.4) is 0 Å². The first-order valence-corrected chi connectivity index (χ1v) is 8.37. The molecule has 1 aromatic heterocycles. The molecule has 1 aliphatic carbocycles. The van der Waals surface area contributed by atoms with Gasteiger partial charge in [0, 0.05) is 31.6 Å². The number of nitrogens with one attached hydrogen (secondary N) is 2. The molecule has 0 spiro atoms. The van der Waals surface area contributed by atoms with Gasteiger partial charge in [-0.3, -0.25) is 14.8 Å². The van der Waals surface area contributed by atoms with E-state index in [1.807, 2.05) is 27.0 Å². The summed E-state index contributed by atoms with van der Waals surface area (Å²) in [7, 11) is 1.82. The molecule has 0 aromatic carbocycles. The van der Waals surface area contributed by atoms with Gasteiger partial charge in [-0.1, -0.05) is 6.42 Å². The fraction of sp³-hybridized carbons (Fsp3) is 0.688. The number of hydrogen-bond acceptors (Lipinski definition) is 3. The van der Waals surface area contributed by atoms with Crippen molar-refractivity contribution in [1.29, 1.82) is 0 Å². The second kappa shape index (κ2) is 6.22. The van der Waals surface area contributed by atoms with E-state index < -0.39 is 6.04 Å². The van der Waals surface area contributed by atoms with Crippen LogP contribution in [0.15, 0.2) is 6.07 Å². The van der Waals surface area contributed by atoms with Gasteiger partial charge in [0.15, 0.2) is 0 Å². The van der Waals surface area contributed by atoms with Gasteiger partial charge in [0.2, 0.25) is 5.91 Å². The van der Waals surface area contributed by atoms with Gasteiger partial charge in [-0.25, -0.2) is 4.79 Å². The standard InChI is InChI=1S/C16H25N5O2/c1-10(2)21-8-7-12(15(21)22)17-16(23)18-14-9-13(19-20(14)3)11-5-4-6-11/h9-12H,4-8H2,1-3H3,(H2,17,18,23)/t12-/m0/s1. The van der Waals surface area contributed by atoms with Crippen LogP contribution in [-0.4, -0.2) is 45.2 Å². The van der Waals surface area contributed by atoms with Crippen LogP contribution < -0.4 is 10.6 Å². The monoisotopic (exact) mass is 319 g/mol. The van der Waals surface area contributed by atoms with Crippen molar-refractivity contribution in [3.63, 3.8) is 0 Å². The van der Waals surface area contributed by atoms with E-state index in [0.29, 0.717) is 24.7 Å². The average molecular weight is 319 g/mol. The third kappa shape index (κ3) is 3.18. The van der Waals surface area contributed by atoms with E-state index in [-0.39, 0.29) is 18.0 Å². The van der Waals surface area contributed by atoms with Crippen molar-refractivity contribution < 1.29 is 9.59 Å². The van der Waals surface area contributed by atoms with Gasteiger partial charge in [0.25, 0.3) is 0 Å². The Morgan fingerprint density at radius 1 is 1.35 bits per heavy atom. The largest absolute Gasteiger partial charge is 0.338 e. The maximum atomic E-state index is 12.2. The lowest BCUT2D eigenvalue weighted by atomic mass is 9.83. The van der Waals surface area contributed by atoms with Gasteiger partial charge in [0.1, 0.15) is 11.9 Å². The second-order valence-electron chi connectivity index (χ2n) is 6.77. The molecular formula is C16H25N5O2. The summed E-state index contributed by atoms with van der Waals surface area (Å²) in [6.07, 6.45) is 4.25. The van der Waals surface area contributed by atoms with Crippen LogP contribution in [0.4, 0.5) is 10.6 Å². The normalized spacial score (nSPS) is 21.7. The van der Waals surface area contributed by atoms with Crippen molar-refractivity contribution >= 4 is 17.8 Å². The Balaban J connectivity index is 1.57. The molecule has 3 rings (SSSR count). The fourth-order valence-corrected chi connectivity index (χ4v) is 3.17. The van der Waals surface area contributed by atoms with E-state index in [1.54, 1.807) is 9.58 Å². The second-order valence-corrected chi connectivity index (χ2v) is 6.77. The quantitative estimate of drug-likeness (QED) is 0.888. The highest BCUT2D eigenvalue weighted by Crippen LogP contribution is 2.36. The highest BCUT2D eigenvalue weighted by Gasteiger charge is 2.34. The first kappa shape index (κ1) is 15.8. The summed E-state index contributed by atoms with van der Waals surface area (Å²) in [5.74, 6) is 1.18. The third-order valence-corrected chi connectivity index (χ3v) is 4.83. The van der Waals surface area contributed by atoms with Gasteiger partial charge in [0.05, 0.1) is 5.69 Å². The number of aryl methyl sites for hydroxylation is 1. The topological polar surface area (TPSA) is 79.3 Å². The first-order valence-electron chi connectivity index (χ1n) is 8.37. The zero-order valence-electron chi connectivity index (χ0n) is 14.0. The number of anilines is 1. The highest BCUT2D eigenvalue weighted by molar-refractivity contribution is 5.94. The van der Waals surface area contributed by atoms with Crippen molar-refractivity contribution in [3.05, 3.63) is 11.8 Å². The van der Waals surface area contributed by atoms with Crippen molar-refractivity contribution in [2.45, 2.75) is 57.5 Å². The van der Waals surface area contributed by atoms with Crippen LogP contribution in [-0.2, 0) is 11.8 Å². The Bertz CT molecular complexity index is 606. The SMILES string of the molecule is CC(C)N1CC[C@H](NC(=O)Nc2cc(C3CCC3)nn2C)C1=O. The van der Waals surface area contributed by atoms with Crippen LogP contribution in [0.2, 0.25) is 0 Å². The smallest absolute Gasteiger partial charge is 0.321 e. The predicted molar refractivity (Wildman–Crippen MR) is 87.2 cm³/mol. The summed E-state index contributed by atoms with van der Waals surface area (Å²) in [5.41, 5.74) is 1.04. The number of urea groups is 1. The molecule has 1 saturated heterocycles. The molecule has 0 bridgehead atoms. The Hall–Kier alpha value is -2.05. The Kier molecular flexibility index (Phi) is 4.28. The number of amides is 3. The van der Waals surface area contributed by atoms with Crippen molar-refractivity contribution in [1.82, 2.24) is 20.0 Å². The molecule has 2 heterocycles. The predicted octanol–water partition coefficient (Wildman–Crippen LogP) is 1.82. The molecule has 7 heteroatoms. The molecule has 1 aromatic rings. The van der Waals surface area contributed by atoms with E-state index in [2.05, 4.69) is 15.7 Å². The number of carbonyl (C=O) groups excluding carboxylic acids is 2. The van der Waals surface area contributed by atoms with Crippen LogP contribution >= 0.6 is 0 Å². The minimum atomic E-state index is -0.434. The molecule has 7 nitrogen and oxygen atoms in total. The molecule has 126 valence electrons. The number of rotatable bonds is 4. The first-order chi connectivity index (χ1) is 11.0. The number of likely N-dealkylation sites (tertiary alicyclic amines) is 1. The van der Waals surface area contributed by atoms with Crippen molar-refractivity contribution in [3.8, 4) is 0 Å². The van der Waals surface area contributed by atoms with Crippen LogP contribution in [0.5, 0.6) is 0 Å². The number of aromatic nitrogens is 2. The minimum Gasteiger partial charge on any atom is -0.338 e. The lowest BCUT2D eigenvalue weighted by Gasteiger charge is -2.22. The number of hydrogen-bond donors (Lipinski definition) is 2. The van der Waals surface area contributed by atoms with Gasteiger partial charge < -0.3 is 10.2 Å². The molecule has 23 heavy (non-hydrogen) atoms. The zero-order chi connectivity index (χ0) is 16.6. The Labute approximate surface area is 136 Å². The highest BCUT2D eigenvalue weighted by atomic mass is 16.2. The lowest BCUT2D eigenvalue weighted by Crippen LogP contribution is -2.44.